The quantitative estimate of drug-likeness (QED) is 0.458. The van der Waals surface area contributed by atoms with Crippen LogP contribution < -0.4 is 0 Å². The molecule has 0 aliphatic heterocycles. The summed E-state index contributed by atoms with van der Waals surface area (Å²) in [6.45, 7) is 0. The minimum atomic E-state index is -0.495. The Hall–Kier alpha value is -0.760. The molecule has 3 nitrogen and oxygen atoms in total. The highest BCUT2D eigenvalue weighted by molar-refractivity contribution is 14.1. The van der Waals surface area contributed by atoms with Crippen LogP contribution in [0.4, 0.5) is 10.1 Å². The van der Waals surface area contributed by atoms with Gasteiger partial charge in [0.25, 0.3) is 5.69 Å². The van der Waals surface area contributed by atoms with Crippen LogP contribution in [0, 0.1) is 18.8 Å². The summed E-state index contributed by atoms with van der Waals surface area (Å²) in [4.78, 5) is 10.1. The first kappa shape index (κ1) is 9.78. The molecule has 0 fully saturated rings. The Bertz CT molecular complexity index is 525. The molecule has 1 aromatic carbocycles. The number of nitrogens with zero attached hydrogens (tertiary/aromatic N) is 1. The third-order valence-electron chi connectivity index (χ3n) is 1.78. The molecule has 0 N–H and O–H groups in total. The molecule has 72 valence electrons. The standard InChI is InChI=1S/C8H3FINO2S/c9-5-1-2-6(11(12)13)4-3-7(10)14-8(4)5/h1-3H. The van der Waals surface area contributed by atoms with Crippen molar-refractivity contribution in [2.75, 3.05) is 0 Å². The number of fused-ring (bicyclic) bond motifs is 1. The molecule has 1 heterocycles. The SMILES string of the molecule is O=[N+]([O-])c1ccc(F)c2sc(I)cc12. The Labute approximate surface area is 95.8 Å². The van der Waals surface area contributed by atoms with Gasteiger partial charge in [-0.2, -0.15) is 0 Å². The molecule has 0 aliphatic rings. The molecule has 0 radical (unpaired) electrons. The predicted octanol–water partition coefficient (Wildman–Crippen LogP) is 3.55. The lowest BCUT2D eigenvalue weighted by Gasteiger charge is -1.93. The summed E-state index contributed by atoms with van der Waals surface area (Å²) >= 11 is 3.24. The van der Waals surface area contributed by atoms with Crippen LogP contribution in [-0.2, 0) is 0 Å². The maximum atomic E-state index is 13.2. The largest absolute Gasteiger partial charge is 0.278 e. The van der Waals surface area contributed by atoms with Crippen molar-refractivity contribution in [1.29, 1.82) is 0 Å². The van der Waals surface area contributed by atoms with Gasteiger partial charge in [0.2, 0.25) is 0 Å². The summed E-state index contributed by atoms with van der Waals surface area (Å²) in [5.74, 6) is -0.404. The second-order valence-electron chi connectivity index (χ2n) is 2.62. The molecule has 2 aromatic rings. The van der Waals surface area contributed by atoms with Crippen molar-refractivity contribution in [1.82, 2.24) is 0 Å². The molecule has 0 bridgehead atoms. The van der Waals surface area contributed by atoms with Crippen LogP contribution in [0.3, 0.4) is 0 Å². The zero-order chi connectivity index (χ0) is 10.3. The van der Waals surface area contributed by atoms with Crippen LogP contribution in [0.15, 0.2) is 18.2 Å². The van der Waals surface area contributed by atoms with E-state index in [2.05, 4.69) is 0 Å². The predicted molar refractivity (Wildman–Crippen MR) is 61.2 cm³/mol. The summed E-state index contributed by atoms with van der Waals surface area (Å²) in [7, 11) is 0. The fourth-order valence-corrected chi connectivity index (χ4v) is 2.99. The van der Waals surface area contributed by atoms with E-state index < -0.39 is 10.7 Å². The minimum Gasteiger partial charge on any atom is -0.258 e. The van der Waals surface area contributed by atoms with Gasteiger partial charge in [-0.15, -0.1) is 11.3 Å². The van der Waals surface area contributed by atoms with E-state index in [9.17, 15) is 14.5 Å². The van der Waals surface area contributed by atoms with Gasteiger partial charge in [0, 0.05) is 6.07 Å². The van der Waals surface area contributed by atoms with Crippen LogP contribution in [0.2, 0.25) is 0 Å². The van der Waals surface area contributed by atoms with Crippen molar-refractivity contribution in [3.05, 3.63) is 37.0 Å². The number of hydrogen-bond acceptors (Lipinski definition) is 3. The van der Waals surface area contributed by atoms with E-state index in [0.717, 1.165) is 8.95 Å². The third kappa shape index (κ3) is 1.48. The lowest BCUT2D eigenvalue weighted by molar-refractivity contribution is -0.383. The fourth-order valence-electron chi connectivity index (χ4n) is 1.21. The van der Waals surface area contributed by atoms with Gasteiger partial charge < -0.3 is 0 Å². The highest BCUT2D eigenvalue weighted by atomic mass is 127. The molecule has 1 aromatic heterocycles. The lowest BCUT2D eigenvalue weighted by atomic mass is 10.2. The molecule has 0 atom stereocenters. The van der Waals surface area contributed by atoms with Crippen LogP contribution in [-0.4, -0.2) is 4.92 Å². The molecule has 14 heavy (non-hydrogen) atoms. The smallest absolute Gasteiger partial charge is 0.258 e. The molecule has 0 amide bonds. The van der Waals surface area contributed by atoms with E-state index in [0.29, 0.717) is 10.1 Å². The van der Waals surface area contributed by atoms with E-state index in [-0.39, 0.29) is 5.69 Å². The van der Waals surface area contributed by atoms with Gasteiger partial charge in [0.15, 0.2) is 0 Å². The van der Waals surface area contributed by atoms with Gasteiger partial charge in [-0.1, -0.05) is 0 Å². The highest BCUT2D eigenvalue weighted by Gasteiger charge is 2.16. The van der Waals surface area contributed by atoms with E-state index >= 15 is 0 Å². The Balaban J connectivity index is 2.87. The van der Waals surface area contributed by atoms with E-state index in [1.807, 2.05) is 22.6 Å². The minimum absolute atomic E-state index is 0.0411. The maximum Gasteiger partial charge on any atom is 0.278 e. The number of benzene rings is 1. The van der Waals surface area contributed by atoms with Gasteiger partial charge in [0.05, 0.1) is 17.9 Å². The van der Waals surface area contributed by atoms with Gasteiger partial charge in [-0.05, 0) is 34.7 Å². The maximum absolute atomic E-state index is 13.2. The number of non-ortho nitro benzene ring substituents is 1. The van der Waals surface area contributed by atoms with Crippen LogP contribution in [0.5, 0.6) is 0 Å². The zero-order valence-corrected chi connectivity index (χ0v) is 9.63. The van der Waals surface area contributed by atoms with Crippen molar-refractivity contribution in [3.8, 4) is 0 Å². The van der Waals surface area contributed by atoms with Gasteiger partial charge in [0.1, 0.15) is 5.82 Å². The van der Waals surface area contributed by atoms with Crippen molar-refractivity contribution in [2.24, 2.45) is 0 Å². The molecule has 6 heteroatoms. The Morgan fingerprint density at radius 3 is 2.86 bits per heavy atom. The molecule has 0 saturated heterocycles. The summed E-state index contributed by atoms with van der Waals surface area (Å²) in [5, 5.41) is 11.0. The van der Waals surface area contributed by atoms with E-state index in [4.69, 9.17) is 0 Å². The molecule has 2 rings (SSSR count). The first-order chi connectivity index (χ1) is 6.59. The molecule has 0 aliphatic carbocycles. The normalized spacial score (nSPS) is 10.7. The number of nitro benzene ring substituents is 1. The zero-order valence-electron chi connectivity index (χ0n) is 6.66. The van der Waals surface area contributed by atoms with Gasteiger partial charge in [-0.3, -0.25) is 10.1 Å². The molecular formula is C8H3FINO2S. The second kappa shape index (κ2) is 3.43. The van der Waals surface area contributed by atoms with E-state index in [1.165, 1.54) is 17.4 Å². The Morgan fingerprint density at radius 1 is 1.50 bits per heavy atom. The first-order valence-corrected chi connectivity index (χ1v) is 5.51. The highest BCUT2D eigenvalue weighted by Crippen LogP contribution is 2.34. The second-order valence-corrected chi connectivity index (χ2v) is 5.56. The van der Waals surface area contributed by atoms with Crippen molar-refractivity contribution in [3.63, 3.8) is 0 Å². The van der Waals surface area contributed by atoms with Crippen molar-refractivity contribution >= 4 is 49.7 Å². The average molecular weight is 323 g/mol. The summed E-state index contributed by atoms with van der Waals surface area (Å²) < 4.78 is 14.4. The summed E-state index contributed by atoms with van der Waals surface area (Å²) in [5.41, 5.74) is -0.0411. The number of halogens is 2. The van der Waals surface area contributed by atoms with Crippen molar-refractivity contribution in [2.45, 2.75) is 0 Å². The van der Waals surface area contributed by atoms with Crippen LogP contribution >= 0.6 is 33.9 Å². The average Bonchev–Trinajstić information content (AvgIpc) is 2.47. The monoisotopic (exact) mass is 323 g/mol. The fraction of sp³-hybridized carbons (Fsp3) is 0. The van der Waals surface area contributed by atoms with Gasteiger partial charge >= 0.3 is 0 Å². The Kier molecular flexibility index (Phi) is 2.40. The van der Waals surface area contributed by atoms with E-state index in [1.54, 1.807) is 6.07 Å². The number of thiophene rings is 1. The topological polar surface area (TPSA) is 43.1 Å². The summed E-state index contributed by atoms with van der Waals surface area (Å²) in [6, 6.07) is 3.95. The van der Waals surface area contributed by atoms with Gasteiger partial charge in [-0.25, -0.2) is 4.39 Å². The lowest BCUT2D eigenvalue weighted by Crippen LogP contribution is -1.88. The molecule has 0 spiro atoms. The Morgan fingerprint density at radius 2 is 2.21 bits per heavy atom. The molecular weight excluding hydrogens is 320 g/mol. The molecule has 0 unspecified atom stereocenters. The number of rotatable bonds is 1. The number of hydrogen-bond donors (Lipinski definition) is 0. The first-order valence-electron chi connectivity index (χ1n) is 3.61. The summed E-state index contributed by atoms with van der Waals surface area (Å²) in [6.07, 6.45) is 0. The third-order valence-corrected chi connectivity index (χ3v) is 3.68. The molecule has 0 saturated carbocycles. The van der Waals surface area contributed by atoms with Crippen molar-refractivity contribution < 1.29 is 9.31 Å². The van der Waals surface area contributed by atoms with Crippen LogP contribution in [0.25, 0.3) is 10.1 Å². The van der Waals surface area contributed by atoms with Crippen LogP contribution in [0.1, 0.15) is 0 Å². The number of nitro groups is 1.